The molecule has 10 heavy (non-hydrogen) atoms. The second kappa shape index (κ2) is 5.11. The van der Waals surface area contributed by atoms with Gasteiger partial charge in [0, 0.05) is 0 Å². The second-order valence-electron chi connectivity index (χ2n) is 1.85. The van der Waals surface area contributed by atoms with Crippen molar-refractivity contribution < 1.29 is 9.47 Å². The van der Waals surface area contributed by atoms with Crippen molar-refractivity contribution in [2.75, 3.05) is 26.7 Å². The van der Waals surface area contributed by atoms with E-state index in [2.05, 4.69) is 16.0 Å². The third-order valence-corrected chi connectivity index (χ3v) is 1.02. The molecule has 0 aromatic carbocycles. The Morgan fingerprint density at radius 3 is 3.20 bits per heavy atom. The van der Waals surface area contributed by atoms with Gasteiger partial charge in [0.05, 0.1) is 19.2 Å². The molecule has 4 nitrogen and oxygen atoms in total. The predicted octanol–water partition coefficient (Wildman–Crippen LogP) is 0.512. The summed E-state index contributed by atoms with van der Waals surface area (Å²) in [5, 5.41) is 0. The molecule has 0 unspecified atom stereocenters. The summed E-state index contributed by atoms with van der Waals surface area (Å²) in [5.74, 6) is 0. The van der Waals surface area contributed by atoms with Crippen molar-refractivity contribution in [1.82, 2.24) is 0 Å². The van der Waals surface area contributed by atoms with E-state index in [0.29, 0.717) is 20.1 Å². The van der Waals surface area contributed by atoms with Crippen LogP contribution < -0.4 is 0 Å². The fourth-order valence-electron chi connectivity index (χ4n) is 0.575. The van der Waals surface area contributed by atoms with E-state index in [0.717, 1.165) is 13.0 Å². The first-order chi connectivity index (χ1) is 5.00. The van der Waals surface area contributed by atoms with E-state index in [-0.39, 0.29) is 0 Å². The average molecular weight is 142 g/mol. The van der Waals surface area contributed by atoms with E-state index in [4.69, 9.17) is 9.47 Å². The molecule has 4 heteroatoms. The van der Waals surface area contributed by atoms with E-state index < -0.39 is 0 Å². The Morgan fingerprint density at radius 1 is 1.20 bits per heavy atom. The van der Waals surface area contributed by atoms with Gasteiger partial charge >= 0.3 is 0 Å². The molecule has 1 aliphatic heterocycles. The Balaban J connectivity index is 2.27. The van der Waals surface area contributed by atoms with Gasteiger partial charge in [-0.05, 0) is 6.42 Å². The molecular weight excluding hydrogens is 132 g/mol. The molecule has 0 spiro atoms. The molecule has 0 aliphatic carbocycles. The maximum atomic E-state index is 5.04. The Labute approximate surface area is 59.6 Å². The molecule has 1 aliphatic rings. The number of ether oxygens (including phenoxy) is 2. The summed E-state index contributed by atoms with van der Waals surface area (Å²) >= 11 is 0. The van der Waals surface area contributed by atoms with Crippen LogP contribution in [0.15, 0.2) is 9.98 Å². The van der Waals surface area contributed by atoms with E-state index in [9.17, 15) is 0 Å². The minimum absolute atomic E-state index is 0.295. The molecule has 1 heterocycles. The second-order valence-corrected chi connectivity index (χ2v) is 1.85. The summed E-state index contributed by atoms with van der Waals surface area (Å²) < 4.78 is 9.94. The van der Waals surface area contributed by atoms with Crippen LogP contribution in [0.3, 0.4) is 0 Å². The maximum Gasteiger partial charge on any atom is 0.151 e. The molecule has 0 fully saturated rings. The number of rotatable bonds is 0. The van der Waals surface area contributed by atoms with Gasteiger partial charge in [-0.15, -0.1) is 0 Å². The monoisotopic (exact) mass is 142 g/mol. The number of aliphatic imine (C=N–C) groups is 2. The molecule has 0 bridgehead atoms. The van der Waals surface area contributed by atoms with Gasteiger partial charge in [-0.2, -0.15) is 4.99 Å². The van der Waals surface area contributed by atoms with Gasteiger partial charge in [0.2, 0.25) is 0 Å². The molecule has 1 rings (SSSR count). The van der Waals surface area contributed by atoms with Crippen molar-refractivity contribution in [3.8, 4) is 0 Å². The Hall–Kier alpha value is -0.700. The lowest BCUT2D eigenvalue weighted by Gasteiger charge is -2.02. The molecule has 0 saturated carbocycles. The van der Waals surface area contributed by atoms with Gasteiger partial charge in [-0.25, -0.2) is 4.99 Å². The molecule has 0 aromatic heterocycles. The summed E-state index contributed by atoms with van der Waals surface area (Å²) in [7, 11) is 0. The van der Waals surface area contributed by atoms with Gasteiger partial charge in [0.25, 0.3) is 0 Å². The van der Waals surface area contributed by atoms with Crippen LogP contribution in [0.25, 0.3) is 0 Å². The van der Waals surface area contributed by atoms with Crippen molar-refractivity contribution in [3.05, 3.63) is 0 Å². The van der Waals surface area contributed by atoms with Crippen LogP contribution in [0.1, 0.15) is 6.42 Å². The molecular formula is C6H10N2O2. The zero-order chi connectivity index (χ0) is 7.07. The number of hydrogen-bond donors (Lipinski definition) is 0. The minimum Gasteiger partial charge on any atom is -0.355 e. The largest absolute Gasteiger partial charge is 0.355 e. The third kappa shape index (κ3) is 3.35. The third-order valence-electron chi connectivity index (χ3n) is 1.02. The first-order valence-electron chi connectivity index (χ1n) is 3.23. The van der Waals surface area contributed by atoms with Crippen molar-refractivity contribution in [2.24, 2.45) is 9.98 Å². The Morgan fingerprint density at radius 2 is 2.20 bits per heavy atom. The molecule has 0 saturated heterocycles. The Kier molecular flexibility index (Phi) is 3.79. The van der Waals surface area contributed by atoms with E-state index in [1.807, 2.05) is 0 Å². The average Bonchev–Trinajstić information content (AvgIpc) is 2.01. The molecule has 0 N–H and O–H groups in total. The van der Waals surface area contributed by atoms with Crippen LogP contribution >= 0.6 is 0 Å². The highest BCUT2D eigenvalue weighted by Gasteiger charge is 1.88. The van der Waals surface area contributed by atoms with Crippen LogP contribution in [0.4, 0.5) is 0 Å². The Bertz CT molecular complexity index is 129. The molecule has 0 amide bonds. The van der Waals surface area contributed by atoms with Crippen molar-refractivity contribution in [1.29, 1.82) is 0 Å². The standard InChI is InChI=1S/C6H10N2O2/c1-2-7-4-8-5-10-6-9-3-1/h1-3,5-6H2. The maximum absolute atomic E-state index is 5.04. The highest BCUT2D eigenvalue weighted by atomic mass is 16.7. The molecule has 0 aromatic rings. The zero-order valence-electron chi connectivity index (χ0n) is 5.75. The SMILES string of the molecule is C1=NCCCOCOCN=1. The summed E-state index contributed by atoms with van der Waals surface area (Å²) in [6.45, 7) is 2.06. The van der Waals surface area contributed by atoms with Crippen molar-refractivity contribution in [3.63, 3.8) is 0 Å². The highest BCUT2D eigenvalue weighted by Crippen LogP contribution is 1.86. The topological polar surface area (TPSA) is 43.2 Å². The first kappa shape index (κ1) is 7.41. The van der Waals surface area contributed by atoms with Gasteiger partial charge in [0.15, 0.2) is 6.73 Å². The van der Waals surface area contributed by atoms with Crippen LogP contribution in [0, 0.1) is 0 Å². The zero-order valence-corrected chi connectivity index (χ0v) is 5.75. The van der Waals surface area contributed by atoms with E-state index >= 15 is 0 Å². The number of nitrogens with zero attached hydrogens (tertiary/aromatic N) is 2. The fourth-order valence-corrected chi connectivity index (χ4v) is 0.575. The number of hydrogen-bond acceptors (Lipinski definition) is 4. The summed E-state index contributed by atoms with van der Waals surface area (Å²) in [6, 6.07) is 2.52. The van der Waals surface area contributed by atoms with Gasteiger partial charge in [-0.1, -0.05) is 0 Å². The lowest BCUT2D eigenvalue weighted by atomic mass is 10.5. The first-order valence-corrected chi connectivity index (χ1v) is 3.23. The fraction of sp³-hybridized carbons (Fsp3) is 0.833. The summed E-state index contributed by atoms with van der Waals surface area (Å²) in [5.41, 5.74) is 0. The van der Waals surface area contributed by atoms with Gasteiger partial charge in [-0.3, -0.25) is 0 Å². The van der Waals surface area contributed by atoms with Crippen LogP contribution in [-0.2, 0) is 9.47 Å². The normalized spacial score (nSPS) is 20.8. The van der Waals surface area contributed by atoms with Crippen LogP contribution in [-0.4, -0.2) is 32.7 Å². The van der Waals surface area contributed by atoms with Crippen molar-refractivity contribution in [2.45, 2.75) is 6.42 Å². The highest BCUT2D eigenvalue weighted by molar-refractivity contribution is 5.40. The van der Waals surface area contributed by atoms with E-state index in [1.54, 1.807) is 0 Å². The molecule has 0 radical (unpaired) electrons. The van der Waals surface area contributed by atoms with E-state index in [1.165, 1.54) is 0 Å². The smallest absolute Gasteiger partial charge is 0.151 e. The summed E-state index contributed by atoms with van der Waals surface area (Å²) in [4.78, 5) is 7.57. The van der Waals surface area contributed by atoms with Crippen molar-refractivity contribution >= 4 is 6.01 Å². The lowest BCUT2D eigenvalue weighted by Crippen LogP contribution is -2.03. The predicted molar refractivity (Wildman–Crippen MR) is 36.1 cm³/mol. The van der Waals surface area contributed by atoms with Crippen LogP contribution in [0.5, 0.6) is 0 Å². The van der Waals surface area contributed by atoms with Gasteiger partial charge < -0.3 is 9.47 Å². The molecule has 0 atom stereocenters. The summed E-state index contributed by atoms with van der Waals surface area (Å²) in [6.07, 6.45) is 0.909. The van der Waals surface area contributed by atoms with Crippen LogP contribution in [0.2, 0.25) is 0 Å². The quantitative estimate of drug-likeness (QED) is 0.494. The van der Waals surface area contributed by atoms with Gasteiger partial charge in [0.1, 0.15) is 6.79 Å². The lowest BCUT2D eigenvalue weighted by molar-refractivity contribution is -0.0514. The molecule has 56 valence electrons. The minimum atomic E-state index is 0.295.